The van der Waals surface area contributed by atoms with Crippen molar-refractivity contribution in [1.82, 2.24) is 15.6 Å². The zero-order valence-corrected chi connectivity index (χ0v) is 21.4. The number of carbonyl (C=O) groups is 2. The number of alkyl carbamates (subject to hydrolysis) is 1. The molecule has 8 heteroatoms. The third-order valence-electron chi connectivity index (χ3n) is 5.85. The quantitative estimate of drug-likeness (QED) is 0.308. The molecule has 0 aliphatic rings. The molecule has 3 atom stereocenters. The molecule has 3 rings (SSSR count). The van der Waals surface area contributed by atoms with Crippen LogP contribution >= 0.6 is 0 Å². The number of ether oxygens (including phenoxy) is 1. The molecular weight excluding hydrogens is 470 g/mol. The third-order valence-corrected chi connectivity index (χ3v) is 5.85. The van der Waals surface area contributed by atoms with Crippen LogP contribution in [-0.4, -0.2) is 51.7 Å². The smallest absolute Gasteiger partial charge is 0.407 e. The van der Waals surface area contributed by atoms with Crippen molar-refractivity contribution >= 4 is 12.2 Å². The van der Waals surface area contributed by atoms with Gasteiger partial charge in [0, 0.05) is 24.2 Å². The van der Waals surface area contributed by atoms with Crippen LogP contribution in [-0.2, 0) is 11.2 Å². The summed E-state index contributed by atoms with van der Waals surface area (Å²) in [6, 6.07) is 22.7. The molecule has 3 aromatic rings. The van der Waals surface area contributed by atoms with Gasteiger partial charge in [0.25, 0.3) is 0 Å². The van der Waals surface area contributed by atoms with Gasteiger partial charge in [0.15, 0.2) is 0 Å². The maximum atomic E-state index is 12.8. The molecule has 1 aromatic heterocycles. The number of pyridine rings is 1. The van der Waals surface area contributed by atoms with Crippen LogP contribution in [0.15, 0.2) is 79.0 Å². The summed E-state index contributed by atoms with van der Waals surface area (Å²) < 4.78 is 5.48. The van der Waals surface area contributed by atoms with E-state index in [9.17, 15) is 14.7 Å². The van der Waals surface area contributed by atoms with Crippen molar-refractivity contribution < 1.29 is 24.5 Å². The Kier molecular flexibility index (Phi) is 9.63. The number of carbonyl (C=O) groups excluding carboxylic acids is 1. The van der Waals surface area contributed by atoms with Crippen LogP contribution in [0.1, 0.15) is 44.2 Å². The lowest BCUT2D eigenvalue weighted by Crippen LogP contribution is -2.50. The number of nitrogens with one attached hydrogen (secondary N) is 2. The number of benzene rings is 2. The van der Waals surface area contributed by atoms with Crippen molar-refractivity contribution in [3.63, 3.8) is 0 Å². The number of carboxylic acid groups (broad SMARTS) is 1. The van der Waals surface area contributed by atoms with Crippen LogP contribution in [0.25, 0.3) is 11.3 Å². The van der Waals surface area contributed by atoms with Crippen LogP contribution in [0.5, 0.6) is 0 Å². The van der Waals surface area contributed by atoms with Gasteiger partial charge < -0.3 is 25.6 Å². The van der Waals surface area contributed by atoms with Crippen LogP contribution in [0.4, 0.5) is 9.59 Å². The van der Waals surface area contributed by atoms with E-state index in [2.05, 4.69) is 15.6 Å². The van der Waals surface area contributed by atoms with E-state index in [1.807, 2.05) is 72.8 Å². The van der Waals surface area contributed by atoms with Crippen molar-refractivity contribution in [2.24, 2.45) is 0 Å². The van der Waals surface area contributed by atoms with Gasteiger partial charge in [-0.05, 0) is 56.9 Å². The lowest BCUT2D eigenvalue weighted by Gasteiger charge is -2.33. The second-order valence-electron chi connectivity index (χ2n) is 9.89. The summed E-state index contributed by atoms with van der Waals surface area (Å²) in [5, 5.41) is 25.2. The molecule has 0 aliphatic carbocycles. The first-order chi connectivity index (χ1) is 17.6. The first-order valence-corrected chi connectivity index (χ1v) is 12.3. The van der Waals surface area contributed by atoms with E-state index in [0.29, 0.717) is 6.42 Å². The largest absolute Gasteiger partial charge is 0.465 e. The Morgan fingerprint density at radius 1 is 0.973 bits per heavy atom. The minimum atomic E-state index is -1.17. The Hall–Kier alpha value is -3.91. The summed E-state index contributed by atoms with van der Waals surface area (Å²) in [6.45, 7) is 5.36. The van der Waals surface area contributed by atoms with Gasteiger partial charge in [0.1, 0.15) is 5.60 Å². The van der Waals surface area contributed by atoms with Gasteiger partial charge in [-0.3, -0.25) is 4.98 Å². The highest BCUT2D eigenvalue weighted by molar-refractivity contribution is 5.68. The molecule has 8 nitrogen and oxygen atoms in total. The fraction of sp³-hybridized carbons (Fsp3) is 0.345. The summed E-state index contributed by atoms with van der Waals surface area (Å²) in [4.78, 5) is 28.1. The third kappa shape index (κ3) is 8.91. The van der Waals surface area contributed by atoms with E-state index >= 15 is 0 Å². The molecule has 1 unspecified atom stereocenters. The molecule has 196 valence electrons. The van der Waals surface area contributed by atoms with Crippen molar-refractivity contribution in [2.75, 3.05) is 6.54 Å². The molecule has 1 heterocycles. The monoisotopic (exact) mass is 505 g/mol. The number of hydrogen-bond acceptors (Lipinski definition) is 5. The van der Waals surface area contributed by atoms with Crippen LogP contribution in [0.2, 0.25) is 0 Å². The van der Waals surface area contributed by atoms with E-state index in [1.165, 1.54) is 0 Å². The average Bonchev–Trinajstić information content (AvgIpc) is 2.86. The molecule has 37 heavy (non-hydrogen) atoms. The van der Waals surface area contributed by atoms with Crippen molar-refractivity contribution in [3.8, 4) is 11.3 Å². The minimum Gasteiger partial charge on any atom is -0.465 e. The van der Waals surface area contributed by atoms with Crippen LogP contribution in [0.3, 0.4) is 0 Å². The number of nitrogens with zero attached hydrogens (tertiary/aromatic N) is 1. The molecule has 0 fully saturated rings. The Bertz CT molecular complexity index is 1130. The standard InChI is InChI=1S/C29H35N3O5/c1-29(2,3)37-28(36)32-26(25(33)16-18-31-27(34)35)23(21-9-5-4-6-10-21)19-20-12-14-22(15-13-20)24-11-7-8-17-30-24/h4-15,17,23,25-26,31,33H,16,18-19H2,1-3H3,(H,32,36)(H,34,35)/t23?,25-,26-/m0/s1. The molecule has 0 aliphatic heterocycles. The van der Waals surface area contributed by atoms with Gasteiger partial charge >= 0.3 is 12.2 Å². The van der Waals surface area contributed by atoms with Crippen molar-refractivity contribution in [3.05, 3.63) is 90.1 Å². The predicted octanol–water partition coefficient (Wildman–Crippen LogP) is 4.99. The molecule has 2 amide bonds. The van der Waals surface area contributed by atoms with E-state index in [0.717, 1.165) is 22.4 Å². The maximum Gasteiger partial charge on any atom is 0.407 e. The van der Waals surface area contributed by atoms with Gasteiger partial charge in [-0.2, -0.15) is 0 Å². The maximum absolute atomic E-state index is 12.8. The van der Waals surface area contributed by atoms with E-state index in [1.54, 1.807) is 27.0 Å². The number of aliphatic hydroxyl groups is 1. The topological polar surface area (TPSA) is 121 Å². The Morgan fingerprint density at radius 3 is 2.24 bits per heavy atom. The summed E-state index contributed by atoms with van der Waals surface area (Å²) in [5.74, 6) is -0.311. The van der Waals surface area contributed by atoms with E-state index in [-0.39, 0.29) is 18.9 Å². The van der Waals surface area contributed by atoms with Crippen LogP contribution in [0, 0.1) is 0 Å². The molecule has 0 spiro atoms. The molecule has 0 bridgehead atoms. The fourth-order valence-electron chi connectivity index (χ4n) is 4.17. The number of amides is 2. The Labute approximate surface area is 217 Å². The Morgan fingerprint density at radius 2 is 1.65 bits per heavy atom. The van der Waals surface area contributed by atoms with Gasteiger partial charge in [-0.25, -0.2) is 9.59 Å². The first kappa shape index (κ1) is 27.7. The molecule has 0 radical (unpaired) electrons. The number of aromatic nitrogens is 1. The molecule has 2 aromatic carbocycles. The van der Waals surface area contributed by atoms with Crippen molar-refractivity contribution in [1.29, 1.82) is 0 Å². The molecule has 4 N–H and O–H groups in total. The summed E-state index contributed by atoms with van der Waals surface area (Å²) in [6.07, 6.45) is -0.448. The van der Waals surface area contributed by atoms with Gasteiger partial charge in [0.2, 0.25) is 0 Å². The van der Waals surface area contributed by atoms with Gasteiger partial charge in [-0.15, -0.1) is 0 Å². The fourth-order valence-corrected chi connectivity index (χ4v) is 4.17. The van der Waals surface area contributed by atoms with Gasteiger partial charge in [0.05, 0.1) is 17.8 Å². The molecule has 0 saturated carbocycles. The highest BCUT2D eigenvalue weighted by Crippen LogP contribution is 2.29. The molecular formula is C29H35N3O5. The second kappa shape index (κ2) is 12.9. The summed E-state index contributed by atoms with van der Waals surface area (Å²) >= 11 is 0. The lowest BCUT2D eigenvalue weighted by atomic mass is 9.82. The Balaban J connectivity index is 1.90. The molecule has 0 saturated heterocycles. The SMILES string of the molecule is CC(C)(C)OC(=O)N[C@@H](C(Cc1ccc(-c2ccccn2)cc1)c1ccccc1)[C@@H](O)CCNC(=O)O. The van der Waals surface area contributed by atoms with E-state index in [4.69, 9.17) is 9.84 Å². The predicted molar refractivity (Wildman–Crippen MR) is 142 cm³/mol. The summed E-state index contributed by atoms with van der Waals surface area (Å²) in [7, 11) is 0. The average molecular weight is 506 g/mol. The van der Waals surface area contributed by atoms with E-state index < -0.39 is 29.9 Å². The normalized spacial score (nSPS) is 13.7. The lowest BCUT2D eigenvalue weighted by molar-refractivity contribution is 0.0384. The first-order valence-electron chi connectivity index (χ1n) is 12.3. The minimum absolute atomic E-state index is 0.0449. The number of rotatable bonds is 10. The van der Waals surface area contributed by atoms with Gasteiger partial charge in [-0.1, -0.05) is 60.7 Å². The second-order valence-corrected chi connectivity index (χ2v) is 9.89. The zero-order chi connectivity index (χ0) is 26.8. The van der Waals surface area contributed by atoms with Crippen molar-refractivity contribution in [2.45, 2.75) is 57.3 Å². The highest BCUT2D eigenvalue weighted by Gasteiger charge is 2.32. The highest BCUT2D eigenvalue weighted by atomic mass is 16.6. The summed E-state index contributed by atoms with van der Waals surface area (Å²) in [5.41, 5.74) is 3.10. The zero-order valence-electron chi connectivity index (χ0n) is 21.4. The van der Waals surface area contributed by atoms with Crippen LogP contribution < -0.4 is 10.6 Å². The number of aliphatic hydroxyl groups excluding tert-OH is 1. The number of hydrogen-bond donors (Lipinski definition) is 4.